The highest BCUT2D eigenvalue weighted by Gasteiger charge is 2.15. The maximum atomic E-state index is 3.55. The molecule has 1 nitrogen and oxygen atoms in total. The van der Waals surface area contributed by atoms with Gasteiger partial charge in [-0.25, -0.2) is 0 Å². The van der Waals surface area contributed by atoms with Gasteiger partial charge in [-0.15, -0.1) is 11.3 Å². The first-order valence-electron chi connectivity index (χ1n) is 6.26. The van der Waals surface area contributed by atoms with Gasteiger partial charge in [0.1, 0.15) is 0 Å². The van der Waals surface area contributed by atoms with Gasteiger partial charge in [-0.05, 0) is 54.8 Å². The minimum atomic E-state index is 0.657. The first-order chi connectivity index (χ1) is 7.50. The van der Waals surface area contributed by atoms with Crippen molar-refractivity contribution in [1.82, 2.24) is 5.32 Å². The summed E-state index contributed by atoms with van der Waals surface area (Å²) in [5.74, 6) is 2.10. The number of thiophene rings is 1. The minimum absolute atomic E-state index is 0.657. The Bertz CT molecular complexity index is 303. The molecule has 0 saturated carbocycles. The van der Waals surface area contributed by atoms with Gasteiger partial charge < -0.3 is 5.32 Å². The Balaban J connectivity index is 2.38. The van der Waals surface area contributed by atoms with Crippen LogP contribution in [0.5, 0.6) is 0 Å². The van der Waals surface area contributed by atoms with Crippen molar-refractivity contribution < 1.29 is 0 Å². The molecule has 0 amide bonds. The Hall–Kier alpha value is -0.340. The molecule has 0 spiro atoms. The van der Waals surface area contributed by atoms with Crippen molar-refractivity contribution in [3.8, 4) is 0 Å². The van der Waals surface area contributed by atoms with Crippen molar-refractivity contribution in [2.45, 2.75) is 40.5 Å². The predicted molar refractivity (Wildman–Crippen MR) is 74.3 cm³/mol. The zero-order chi connectivity index (χ0) is 12.1. The van der Waals surface area contributed by atoms with Gasteiger partial charge in [0.25, 0.3) is 0 Å². The van der Waals surface area contributed by atoms with Crippen LogP contribution in [0.15, 0.2) is 11.4 Å². The number of aryl methyl sites for hydroxylation is 1. The van der Waals surface area contributed by atoms with E-state index >= 15 is 0 Å². The average Bonchev–Trinajstić information content (AvgIpc) is 2.63. The van der Waals surface area contributed by atoms with E-state index in [2.05, 4.69) is 51.4 Å². The summed E-state index contributed by atoms with van der Waals surface area (Å²) in [5.41, 5.74) is 1.50. The van der Waals surface area contributed by atoms with Gasteiger partial charge >= 0.3 is 0 Å². The molecule has 0 aliphatic heterocycles. The number of hydrogen-bond acceptors (Lipinski definition) is 2. The zero-order valence-electron chi connectivity index (χ0n) is 11.2. The number of rotatable bonds is 6. The van der Waals surface area contributed by atoms with Crippen molar-refractivity contribution in [1.29, 1.82) is 0 Å². The predicted octanol–water partition coefficient (Wildman–Crippen LogP) is 4.04. The summed E-state index contributed by atoms with van der Waals surface area (Å²) >= 11 is 1.86. The Morgan fingerprint density at radius 1 is 1.19 bits per heavy atom. The van der Waals surface area contributed by atoms with Crippen molar-refractivity contribution in [2.24, 2.45) is 11.8 Å². The molecule has 16 heavy (non-hydrogen) atoms. The third-order valence-electron chi connectivity index (χ3n) is 3.15. The fourth-order valence-electron chi connectivity index (χ4n) is 1.81. The van der Waals surface area contributed by atoms with Crippen molar-refractivity contribution in [3.05, 3.63) is 21.9 Å². The van der Waals surface area contributed by atoms with Crippen LogP contribution in [0, 0.1) is 18.8 Å². The molecule has 0 saturated heterocycles. The fourth-order valence-corrected chi connectivity index (χ4v) is 2.62. The highest BCUT2D eigenvalue weighted by molar-refractivity contribution is 7.10. The molecule has 0 bridgehead atoms. The lowest BCUT2D eigenvalue weighted by molar-refractivity contribution is 0.429. The quantitative estimate of drug-likeness (QED) is 0.790. The molecule has 1 N–H and O–H groups in total. The Kier molecular flexibility index (Phi) is 5.50. The van der Waals surface area contributed by atoms with Crippen LogP contribution in [0.3, 0.4) is 0 Å². The van der Waals surface area contributed by atoms with Crippen LogP contribution in [0.1, 0.15) is 44.1 Å². The van der Waals surface area contributed by atoms with E-state index in [0.29, 0.717) is 11.8 Å². The van der Waals surface area contributed by atoms with Gasteiger partial charge in [-0.3, -0.25) is 0 Å². The van der Waals surface area contributed by atoms with E-state index in [1.54, 1.807) is 0 Å². The molecule has 1 heterocycles. The second kappa shape index (κ2) is 6.41. The topological polar surface area (TPSA) is 12.0 Å². The molecule has 0 aliphatic carbocycles. The lowest BCUT2D eigenvalue weighted by Crippen LogP contribution is -2.27. The second-order valence-electron chi connectivity index (χ2n) is 5.31. The molecule has 0 fully saturated rings. The average molecular weight is 239 g/mol. The van der Waals surface area contributed by atoms with Gasteiger partial charge in [0.05, 0.1) is 0 Å². The molecule has 0 aromatic carbocycles. The van der Waals surface area contributed by atoms with E-state index in [0.717, 1.165) is 19.0 Å². The smallest absolute Gasteiger partial charge is 0.00171 e. The molecule has 2 atom stereocenters. The molecule has 0 aliphatic rings. The summed E-state index contributed by atoms with van der Waals surface area (Å²) in [5, 5.41) is 5.85. The molecular formula is C14H25NS. The van der Waals surface area contributed by atoms with Crippen molar-refractivity contribution in [2.75, 3.05) is 13.1 Å². The lowest BCUT2D eigenvalue weighted by atomic mass is 9.90. The first kappa shape index (κ1) is 13.7. The van der Waals surface area contributed by atoms with E-state index in [-0.39, 0.29) is 0 Å². The van der Waals surface area contributed by atoms with Gasteiger partial charge in [-0.1, -0.05) is 27.7 Å². The van der Waals surface area contributed by atoms with Crippen LogP contribution in [0.4, 0.5) is 0 Å². The van der Waals surface area contributed by atoms with Crippen molar-refractivity contribution in [3.63, 3.8) is 0 Å². The standard InChI is InChI=1S/C14H25NS/c1-10(2)7-15-8-11(3)13(5)14-6-12(4)16-9-14/h6,9-11,13,15H,7-8H2,1-5H3. The summed E-state index contributed by atoms with van der Waals surface area (Å²) in [7, 11) is 0. The minimum Gasteiger partial charge on any atom is -0.316 e. The van der Waals surface area contributed by atoms with Crippen LogP contribution in [0.2, 0.25) is 0 Å². The van der Waals surface area contributed by atoms with Gasteiger partial charge in [0.2, 0.25) is 0 Å². The Morgan fingerprint density at radius 2 is 1.88 bits per heavy atom. The second-order valence-corrected chi connectivity index (χ2v) is 6.42. The number of hydrogen-bond donors (Lipinski definition) is 1. The normalized spacial score (nSPS) is 15.4. The molecule has 1 aromatic rings. The molecule has 0 radical (unpaired) electrons. The van der Waals surface area contributed by atoms with E-state index in [1.807, 2.05) is 11.3 Å². The third kappa shape index (κ3) is 4.26. The Labute approximate surface area is 104 Å². The molecule has 1 aromatic heterocycles. The molecular weight excluding hydrogens is 214 g/mol. The summed E-state index contributed by atoms with van der Waals surface area (Å²) in [6.45, 7) is 13.6. The lowest BCUT2D eigenvalue weighted by Gasteiger charge is -2.20. The van der Waals surface area contributed by atoms with Gasteiger partial charge in [0.15, 0.2) is 0 Å². The van der Waals surface area contributed by atoms with Crippen LogP contribution in [-0.4, -0.2) is 13.1 Å². The van der Waals surface area contributed by atoms with E-state index in [4.69, 9.17) is 0 Å². The van der Waals surface area contributed by atoms with E-state index in [9.17, 15) is 0 Å². The van der Waals surface area contributed by atoms with Crippen LogP contribution in [0.25, 0.3) is 0 Å². The van der Waals surface area contributed by atoms with Crippen molar-refractivity contribution >= 4 is 11.3 Å². The highest BCUT2D eigenvalue weighted by atomic mass is 32.1. The van der Waals surface area contributed by atoms with E-state index in [1.165, 1.54) is 10.4 Å². The first-order valence-corrected chi connectivity index (χ1v) is 7.14. The van der Waals surface area contributed by atoms with Crippen LogP contribution < -0.4 is 5.32 Å². The SMILES string of the molecule is Cc1cc(C(C)C(C)CNCC(C)C)cs1. The van der Waals surface area contributed by atoms with E-state index < -0.39 is 0 Å². The Morgan fingerprint density at radius 3 is 2.38 bits per heavy atom. The molecule has 92 valence electrons. The highest BCUT2D eigenvalue weighted by Crippen LogP contribution is 2.27. The monoisotopic (exact) mass is 239 g/mol. The largest absolute Gasteiger partial charge is 0.316 e. The molecule has 2 unspecified atom stereocenters. The van der Waals surface area contributed by atoms with Gasteiger partial charge in [-0.2, -0.15) is 0 Å². The number of nitrogens with one attached hydrogen (secondary N) is 1. The maximum Gasteiger partial charge on any atom is 0.00171 e. The molecule has 1 rings (SSSR count). The summed E-state index contributed by atoms with van der Waals surface area (Å²) < 4.78 is 0. The summed E-state index contributed by atoms with van der Waals surface area (Å²) in [6, 6.07) is 2.33. The van der Waals surface area contributed by atoms with Gasteiger partial charge in [0, 0.05) is 4.88 Å². The maximum absolute atomic E-state index is 3.55. The summed E-state index contributed by atoms with van der Waals surface area (Å²) in [6.07, 6.45) is 0. The van der Waals surface area contributed by atoms with Crippen LogP contribution >= 0.6 is 11.3 Å². The molecule has 2 heteroatoms. The zero-order valence-corrected chi connectivity index (χ0v) is 12.0. The summed E-state index contributed by atoms with van der Waals surface area (Å²) in [4.78, 5) is 1.42. The third-order valence-corrected chi connectivity index (χ3v) is 4.03. The fraction of sp³-hybridized carbons (Fsp3) is 0.714. The van der Waals surface area contributed by atoms with Crippen LogP contribution in [-0.2, 0) is 0 Å².